The summed E-state index contributed by atoms with van der Waals surface area (Å²) in [6.45, 7) is 3.13. The van der Waals surface area contributed by atoms with Gasteiger partial charge in [-0.25, -0.2) is 4.79 Å². The predicted molar refractivity (Wildman–Crippen MR) is 76.0 cm³/mol. The maximum absolute atomic E-state index is 11.6. The molecular weight excluding hydrogens is 278 g/mol. The zero-order chi connectivity index (χ0) is 16.1. The van der Waals surface area contributed by atoms with Gasteiger partial charge in [0, 0.05) is 33.0 Å². The molecule has 0 aromatic heterocycles. The molecule has 0 aliphatic heterocycles. The molecule has 2 N–H and O–H groups in total. The lowest BCUT2D eigenvalue weighted by Crippen LogP contribution is -2.40. The summed E-state index contributed by atoms with van der Waals surface area (Å²) in [4.78, 5) is 33.8. The summed E-state index contributed by atoms with van der Waals surface area (Å²) in [6, 6.07) is -1.00. The number of nitrogens with one attached hydrogen (secondary N) is 1. The maximum Gasteiger partial charge on any atom is 0.326 e. The fraction of sp³-hybridized carbons (Fsp3) is 0.786. The van der Waals surface area contributed by atoms with Crippen LogP contribution in [0.1, 0.15) is 39.0 Å². The van der Waals surface area contributed by atoms with Crippen molar-refractivity contribution in [3.8, 4) is 0 Å². The number of amides is 1. The third-order valence-electron chi connectivity index (χ3n) is 2.84. The number of carbonyl (C=O) groups is 3. The van der Waals surface area contributed by atoms with Gasteiger partial charge in [0.1, 0.15) is 11.8 Å². The van der Waals surface area contributed by atoms with Crippen molar-refractivity contribution in [3.63, 3.8) is 0 Å². The Hall–Kier alpha value is -1.47. The van der Waals surface area contributed by atoms with Gasteiger partial charge < -0.3 is 19.9 Å². The van der Waals surface area contributed by atoms with Crippen molar-refractivity contribution in [2.75, 3.05) is 26.9 Å². The number of carboxylic acid groups (broad SMARTS) is 1. The van der Waals surface area contributed by atoms with Gasteiger partial charge in [-0.3, -0.25) is 9.59 Å². The van der Waals surface area contributed by atoms with Crippen molar-refractivity contribution in [3.05, 3.63) is 0 Å². The molecule has 0 rings (SSSR count). The molecule has 0 aliphatic carbocycles. The second kappa shape index (κ2) is 12.3. The zero-order valence-corrected chi connectivity index (χ0v) is 12.7. The van der Waals surface area contributed by atoms with E-state index in [4.69, 9.17) is 14.6 Å². The van der Waals surface area contributed by atoms with Gasteiger partial charge in [0.05, 0.1) is 13.2 Å². The van der Waals surface area contributed by atoms with Crippen LogP contribution in [0, 0.1) is 0 Å². The van der Waals surface area contributed by atoms with E-state index in [1.165, 1.54) is 0 Å². The highest BCUT2D eigenvalue weighted by molar-refractivity contribution is 5.84. The van der Waals surface area contributed by atoms with E-state index in [-0.39, 0.29) is 31.0 Å². The van der Waals surface area contributed by atoms with E-state index < -0.39 is 12.0 Å². The summed E-state index contributed by atoms with van der Waals surface area (Å²) in [5.74, 6) is -1.48. The topological polar surface area (TPSA) is 102 Å². The monoisotopic (exact) mass is 303 g/mol. The van der Waals surface area contributed by atoms with Gasteiger partial charge in [-0.2, -0.15) is 0 Å². The van der Waals surface area contributed by atoms with Crippen LogP contribution in [0.2, 0.25) is 0 Å². The summed E-state index contributed by atoms with van der Waals surface area (Å²) in [7, 11) is 1.59. The average molecular weight is 303 g/mol. The Labute approximate surface area is 125 Å². The minimum Gasteiger partial charge on any atom is -0.480 e. The van der Waals surface area contributed by atoms with Crippen molar-refractivity contribution in [1.29, 1.82) is 0 Å². The summed E-state index contributed by atoms with van der Waals surface area (Å²) < 4.78 is 10.0. The lowest BCUT2D eigenvalue weighted by atomic mass is 10.1. The second-order valence-electron chi connectivity index (χ2n) is 4.60. The Morgan fingerprint density at radius 2 is 1.86 bits per heavy atom. The fourth-order valence-electron chi connectivity index (χ4n) is 1.60. The number of hydrogen-bond acceptors (Lipinski definition) is 5. The van der Waals surface area contributed by atoms with Crippen LogP contribution in [0.5, 0.6) is 0 Å². The minimum absolute atomic E-state index is 0.0256. The van der Waals surface area contributed by atoms with Crippen LogP contribution in [0.3, 0.4) is 0 Å². The van der Waals surface area contributed by atoms with E-state index in [1.54, 1.807) is 14.0 Å². The number of carbonyl (C=O) groups excluding carboxylic acids is 2. The molecule has 0 aliphatic rings. The number of Topliss-reactive ketones (excluding diaryl/α,β-unsaturated/α-hetero) is 1. The molecule has 0 aromatic carbocycles. The predicted octanol–water partition coefficient (Wildman–Crippen LogP) is 0.758. The molecule has 0 heterocycles. The number of ketones is 1. The van der Waals surface area contributed by atoms with Crippen LogP contribution in [0.25, 0.3) is 0 Å². The first-order valence-electron chi connectivity index (χ1n) is 7.11. The van der Waals surface area contributed by atoms with Gasteiger partial charge in [0.15, 0.2) is 0 Å². The quantitative estimate of drug-likeness (QED) is 0.487. The van der Waals surface area contributed by atoms with Gasteiger partial charge >= 0.3 is 5.97 Å². The van der Waals surface area contributed by atoms with E-state index in [0.29, 0.717) is 32.7 Å². The van der Waals surface area contributed by atoms with Crippen LogP contribution in [-0.4, -0.2) is 55.7 Å². The number of hydrogen-bond donors (Lipinski definition) is 2. The Kier molecular flexibility index (Phi) is 11.4. The third-order valence-corrected chi connectivity index (χ3v) is 2.84. The molecule has 1 amide bonds. The molecule has 0 fully saturated rings. The van der Waals surface area contributed by atoms with Crippen molar-refractivity contribution in [1.82, 2.24) is 5.32 Å². The van der Waals surface area contributed by atoms with Crippen molar-refractivity contribution in [2.24, 2.45) is 0 Å². The third kappa shape index (κ3) is 10.9. The molecule has 0 bridgehead atoms. The van der Waals surface area contributed by atoms with Crippen LogP contribution in [-0.2, 0) is 23.9 Å². The average Bonchev–Trinajstić information content (AvgIpc) is 2.46. The van der Waals surface area contributed by atoms with E-state index in [0.717, 1.165) is 0 Å². The molecule has 0 aromatic rings. The molecule has 0 saturated carbocycles. The second-order valence-corrected chi connectivity index (χ2v) is 4.60. The molecule has 1 unspecified atom stereocenters. The Bertz CT molecular complexity index is 331. The number of aliphatic carboxylic acids is 1. The molecule has 7 heteroatoms. The molecular formula is C14H25NO6. The van der Waals surface area contributed by atoms with Gasteiger partial charge in [0.2, 0.25) is 5.91 Å². The van der Waals surface area contributed by atoms with Gasteiger partial charge in [-0.15, -0.1) is 0 Å². The fourth-order valence-corrected chi connectivity index (χ4v) is 1.60. The van der Waals surface area contributed by atoms with E-state index in [2.05, 4.69) is 5.32 Å². The Morgan fingerprint density at radius 3 is 2.43 bits per heavy atom. The smallest absolute Gasteiger partial charge is 0.326 e. The SMILES string of the molecule is CCC(=O)NC(CCC(=O)CCCOCCOC)C(=O)O. The van der Waals surface area contributed by atoms with Crippen molar-refractivity contribution in [2.45, 2.75) is 45.1 Å². The zero-order valence-electron chi connectivity index (χ0n) is 12.7. The van der Waals surface area contributed by atoms with Gasteiger partial charge in [-0.1, -0.05) is 6.92 Å². The highest BCUT2D eigenvalue weighted by Gasteiger charge is 2.20. The van der Waals surface area contributed by atoms with Crippen LogP contribution in [0.15, 0.2) is 0 Å². The Balaban J connectivity index is 3.82. The van der Waals surface area contributed by atoms with Crippen LogP contribution < -0.4 is 5.32 Å². The van der Waals surface area contributed by atoms with Crippen molar-refractivity contribution >= 4 is 17.7 Å². The van der Waals surface area contributed by atoms with E-state index in [1.807, 2.05) is 0 Å². The lowest BCUT2D eigenvalue weighted by Gasteiger charge is -2.13. The number of ether oxygens (including phenoxy) is 2. The van der Waals surface area contributed by atoms with E-state index >= 15 is 0 Å². The molecule has 7 nitrogen and oxygen atoms in total. The summed E-state index contributed by atoms with van der Waals surface area (Å²) in [5.41, 5.74) is 0. The largest absolute Gasteiger partial charge is 0.480 e. The number of rotatable bonds is 13. The maximum atomic E-state index is 11.6. The van der Waals surface area contributed by atoms with Crippen LogP contribution >= 0.6 is 0 Å². The van der Waals surface area contributed by atoms with Gasteiger partial charge in [-0.05, 0) is 12.8 Å². The first kappa shape index (κ1) is 19.5. The first-order chi connectivity index (χ1) is 10.0. The van der Waals surface area contributed by atoms with Crippen molar-refractivity contribution < 1.29 is 29.0 Å². The molecule has 0 radical (unpaired) electrons. The summed E-state index contributed by atoms with van der Waals surface area (Å²) in [5, 5.41) is 11.4. The first-order valence-corrected chi connectivity index (χ1v) is 7.11. The summed E-state index contributed by atoms with van der Waals surface area (Å²) >= 11 is 0. The normalized spacial score (nSPS) is 11.9. The minimum atomic E-state index is -1.12. The highest BCUT2D eigenvalue weighted by Crippen LogP contribution is 2.04. The van der Waals surface area contributed by atoms with Crippen LogP contribution in [0.4, 0.5) is 0 Å². The Morgan fingerprint density at radius 1 is 1.14 bits per heavy atom. The molecule has 0 saturated heterocycles. The van der Waals surface area contributed by atoms with Gasteiger partial charge in [0.25, 0.3) is 0 Å². The standard InChI is InChI=1S/C14H25NO6/c1-3-13(17)15-12(14(18)19)7-6-11(16)5-4-8-21-10-9-20-2/h12H,3-10H2,1-2H3,(H,15,17)(H,18,19). The molecule has 0 spiro atoms. The number of carboxylic acids is 1. The lowest BCUT2D eigenvalue weighted by molar-refractivity contribution is -0.142. The number of methoxy groups -OCH3 is 1. The molecule has 21 heavy (non-hydrogen) atoms. The summed E-state index contributed by atoms with van der Waals surface area (Å²) in [6.07, 6.45) is 1.42. The molecule has 122 valence electrons. The highest BCUT2D eigenvalue weighted by atomic mass is 16.5. The molecule has 1 atom stereocenters. The van der Waals surface area contributed by atoms with E-state index in [9.17, 15) is 14.4 Å².